The van der Waals surface area contributed by atoms with E-state index in [1.807, 2.05) is 0 Å². The third-order valence-corrected chi connectivity index (χ3v) is 4.24. The molecule has 1 aromatic carbocycles. The van der Waals surface area contributed by atoms with Crippen molar-refractivity contribution in [1.29, 1.82) is 0 Å². The van der Waals surface area contributed by atoms with Crippen LogP contribution in [-0.4, -0.2) is 28.0 Å². The maximum Gasteiger partial charge on any atom is 0.393 e. The van der Waals surface area contributed by atoms with Crippen molar-refractivity contribution < 1.29 is 19.3 Å². The Morgan fingerprint density at radius 2 is 1.96 bits per heavy atom. The lowest BCUT2D eigenvalue weighted by Gasteiger charge is -2.19. The molecule has 2 heterocycles. The molecule has 0 saturated heterocycles. The normalized spacial score (nSPS) is 12.7. The molecule has 0 spiro atoms. The fourth-order valence-corrected chi connectivity index (χ4v) is 3.11. The molecule has 0 radical (unpaired) electrons. The highest BCUT2D eigenvalue weighted by atomic mass is 35.5. The van der Waals surface area contributed by atoms with E-state index in [1.165, 1.54) is 23.6 Å². The molecule has 1 aromatic heterocycles. The van der Waals surface area contributed by atoms with Gasteiger partial charge in [0.15, 0.2) is 10.2 Å². The molecule has 24 heavy (non-hydrogen) atoms. The van der Waals surface area contributed by atoms with Crippen LogP contribution in [0.25, 0.3) is 0 Å². The average molecular weight is 373 g/mol. The number of rotatable bonds is 5. The van der Waals surface area contributed by atoms with Gasteiger partial charge in [-0.15, -0.1) is 11.3 Å². The predicted octanol–water partition coefficient (Wildman–Crippen LogP) is 3.00. The third-order valence-electron chi connectivity index (χ3n) is 3.12. The number of benzene rings is 1. The van der Waals surface area contributed by atoms with Gasteiger partial charge in [-0.1, -0.05) is 11.6 Å². The van der Waals surface area contributed by atoms with Gasteiger partial charge in [-0.3, -0.25) is 20.2 Å². The molecular formula is C12H9ClN4O6S. The number of nitro groups is 2. The van der Waals surface area contributed by atoms with Crippen molar-refractivity contribution in [2.75, 3.05) is 18.5 Å². The quantitative estimate of drug-likeness (QED) is 0.626. The number of hydrogen-bond donors (Lipinski definition) is 1. The van der Waals surface area contributed by atoms with Gasteiger partial charge < -0.3 is 14.8 Å². The van der Waals surface area contributed by atoms with Crippen LogP contribution in [0.5, 0.6) is 11.5 Å². The SMILES string of the molecule is O=[N+]([O-])c1c(NCc2cnc(Cl)s2)cc2c(c1[N+](=O)[O-])OCCO2. The van der Waals surface area contributed by atoms with Crippen LogP contribution in [0.2, 0.25) is 4.47 Å². The topological polar surface area (TPSA) is 130 Å². The van der Waals surface area contributed by atoms with Gasteiger partial charge in [-0.05, 0) is 0 Å². The molecule has 1 aliphatic heterocycles. The Morgan fingerprint density at radius 3 is 2.58 bits per heavy atom. The first-order chi connectivity index (χ1) is 11.5. The number of hydrogen-bond acceptors (Lipinski definition) is 9. The van der Waals surface area contributed by atoms with Gasteiger partial charge >= 0.3 is 11.4 Å². The lowest BCUT2D eigenvalue weighted by atomic mass is 10.2. The maximum absolute atomic E-state index is 11.4. The highest BCUT2D eigenvalue weighted by Crippen LogP contribution is 2.49. The van der Waals surface area contributed by atoms with Gasteiger partial charge in [0, 0.05) is 17.1 Å². The van der Waals surface area contributed by atoms with E-state index in [2.05, 4.69) is 10.3 Å². The van der Waals surface area contributed by atoms with Crippen molar-refractivity contribution in [3.05, 3.63) is 41.8 Å². The molecule has 0 fully saturated rings. The second-order valence-corrected chi connectivity index (χ2v) is 6.29. The summed E-state index contributed by atoms with van der Waals surface area (Å²) >= 11 is 6.92. The number of ether oxygens (including phenoxy) is 2. The second kappa shape index (κ2) is 6.45. The lowest BCUT2D eigenvalue weighted by molar-refractivity contribution is -0.422. The molecule has 126 valence electrons. The minimum atomic E-state index is -0.847. The molecule has 1 aliphatic rings. The average Bonchev–Trinajstić information content (AvgIpc) is 2.96. The van der Waals surface area contributed by atoms with Gasteiger partial charge in [-0.25, -0.2) is 4.98 Å². The molecule has 0 atom stereocenters. The fraction of sp³-hybridized carbons (Fsp3) is 0.250. The van der Waals surface area contributed by atoms with Crippen LogP contribution in [0, 0.1) is 20.2 Å². The van der Waals surface area contributed by atoms with Crippen molar-refractivity contribution in [2.45, 2.75) is 6.54 Å². The van der Waals surface area contributed by atoms with Gasteiger partial charge in [0.25, 0.3) is 0 Å². The van der Waals surface area contributed by atoms with Crippen molar-refractivity contribution in [1.82, 2.24) is 4.98 Å². The summed E-state index contributed by atoms with van der Waals surface area (Å²) in [5, 5.41) is 25.5. The number of anilines is 1. The van der Waals surface area contributed by atoms with Crippen LogP contribution in [0.1, 0.15) is 4.88 Å². The third kappa shape index (κ3) is 3.03. The fourth-order valence-electron chi connectivity index (χ4n) is 2.20. The Morgan fingerprint density at radius 1 is 1.25 bits per heavy atom. The van der Waals surface area contributed by atoms with E-state index in [4.69, 9.17) is 21.1 Å². The molecular weight excluding hydrogens is 364 g/mol. The second-order valence-electron chi connectivity index (χ2n) is 4.59. The smallest absolute Gasteiger partial charge is 0.393 e. The molecule has 0 aliphatic carbocycles. The molecule has 1 N–H and O–H groups in total. The molecule has 10 nitrogen and oxygen atoms in total. The van der Waals surface area contributed by atoms with Crippen molar-refractivity contribution in [2.24, 2.45) is 0 Å². The summed E-state index contributed by atoms with van der Waals surface area (Å²) < 4.78 is 10.9. The molecule has 0 saturated carbocycles. The van der Waals surface area contributed by atoms with E-state index in [0.29, 0.717) is 9.34 Å². The summed E-state index contributed by atoms with van der Waals surface area (Å²) in [6, 6.07) is 1.32. The van der Waals surface area contributed by atoms with Crippen LogP contribution < -0.4 is 14.8 Å². The summed E-state index contributed by atoms with van der Waals surface area (Å²) in [5.74, 6) is -0.146. The first kappa shape index (κ1) is 16.2. The molecule has 0 bridgehead atoms. The summed E-state index contributed by atoms with van der Waals surface area (Å²) in [6.45, 7) is 0.449. The van der Waals surface area contributed by atoms with E-state index >= 15 is 0 Å². The first-order valence-electron chi connectivity index (χ1n) is 6.57. The van der Waals surface area contributed by atoms with E-state index in [-0.39, 0.29) is 36.9 Å². The first-order valence-corrected chi connectivity index (χ1v) is 7.76. The van der Waals surface area contributed by atoms with Crippen LogP contribution in [-0.2, 0) is 6.54 Å². The zero-order chi connectivity index (χ0) is 17.3. The van der Waals surface area contributed by atoms with Crippen LogP contribution in [0.3, 0.4) is 0 Å². The van der Waals surface area contributed by atoms with E-state index in [9.17, 15) is 20.2 Å². The van der Waals surface area contributed by atoms with Gasteiger partial charge in [-0.2, -0.15) is 0 Å². The minimum Gasteiger partial charge on any atom is -0.486 e. The lowest BCUT2D eigenvalue weighted by Crippen LogP contribution is -2.17. The zero-order valence-electron chi connectivity index (χ0n) is 11.9. The highest BCUT2D eigenvalue weighted by molar-refractivity contribution is 7.15. The predicted molar refractivity (Wildman–Crippen MR) is 85.2 cm³/mol. The Bertz CT molecular complexity index is 826. The molecule has 0 amide bonds. The number of thiazole rings is 1. The summed E-state index contributed by atoms with van der Waals surface area (Å²) in [6.07, 6.45) is 1.51. The Labute approximate surface area is 143 Å². The molecule has 2 aromatic rings. The molecule has 3 rings (SSSR count). The summed E-state index contributed by atoms with van der Waals surface area (Å²) in [5.41, 5.74) is -1.46. The van der Waals surface area contributed by atoms with Crippen molar-refractivity contribution in [3.8, 4) is 11.5 Å². The van der Waals surface area contributed by atoms with Gasteiger partial charge in [0.1, 0.15) is 18.9 Å². The highest BCUT2D eigenvalue weighted by Gasteiger charge is 2.38. The van der Waals surface area contributed by atoms with Crippen molar-refractivity contribution in [3.63, 3.8) is 0 Å². The van der Waals surface area contributed by atoms with E-state index in [0.717, 1.165) is 0 Å². The number of aromatic nitrogens is 1. The number of nitrogens with zero attached hydrogens (tertiary/aromatic N) is 3. The monoisotopic (exact) mass is 372 g/mol. The Kier molecular flexibility index (Phi) is 4.36. The zero-order valence-corrected chi connectivity index (χ0v) is 13.4. The van der Waals surface area contributed by atoms with E-state index < -0.39 is 21.2 Å². The number of fused-ring (bicyclic) bond motifs is 1. The Hall–Kier alpha value is -2.66. The summed E-state index contributed by atoms with van der Waals surface area (Å²) in [4.78, 5) is 25.6. The van der Waals surface area contributed by atoms with Gasteiger partial charge in [0.05, 0.1) is 16.4 Å². The van der Waals surface area contributed by atoms with Crippen LogP contribution in [0.4, 0.5) is 17.1 Å². The maximum atomic E-state index is 11.4. The summed E-state index contributed by atoms with van der Waals surface area (Å²) in [7, 11) is 0. The minimum absolute atomic E-state index is 0.0412. The number of nitrogens with one attached hydrogen (secondary N) is 1. The van der Waals surface area contributed by atoms with Crippen LogP contribution >= 0.6 is 22.9 Å². The van der Waals surface area contributed by atoms with Crippen molar-refractivity contribution >= 4 is 40.0 Å². The number of halogens is 1. The standard InChI is InChI=1S/C12H9ClN4O6S/c13-12-15-5-6(24-12)4-14-7-3-8-11(23-2-1-22-8)10(17(20)21)9(7)16(18)19/h3,5,14H,1-2,4H2. The largest absolute Gasteiger partial charge is 0.486 e. The Balaban J connectivity index is 2.05. The van der Waals surface area contributed by atoms with Crippen LogP contribution in [0.15, 0.2) is 12.3 Å². The number of nitro benzene ring substituents is 2. The molecule has 0 unspecified atom stereocenters. The van der Waals surface area contributed by atoms with E-state index in [1.54, 1.807) is 0 Å². The van der Waals surface area contributed by atoms with Gasteiger partial charge in [0.2, 0.25) is 5.75 Å². The molecule has 12 heteroatoms.